The molecule has 2 aromatic rings. The molecule has 0 fully saturated rings. The third-order valence-electron chi connectivity index (χ3n) is 3.12. The molecule has 0 spiro atoms. The van der Waals surface area contributed by atoms with Gasteiger partial charge in [0.05, 0.1) is 16.0 Å². The van der Waals surface area contributed by atoms with Crippen molar-refractivity contribution in [1.29, 1.82) is 0 Å². The Labute approximate surface area is 133 Å². The van der Waals surface area contributed by atoms with Crippen molar-refractivity contribution in [2.24, 2.45) is 5.10 Å². The number of nitrogens with zero attached hydrogens (tertiary/aromatic N) is 2. The highest BCUT2D eigenvalue weighted by Crippen LogP contribution is 2.21. The van der Waals surface area contributed by atoms with Crippen LogP contribution in [0.4, 0.5) is 5.69 Å². The van der Waals surface area contributed by atoms with E-state index < -0.39 is 14.9 Å². The molecule has 0 aliphatic carbocycles. The van der Waals surface area contributed by atoms with Crippen molar-refractivity contribution in [2.75, 3.05) is 0 Å². The minimum atomic E-state index is -3.97. The van der Waals surface area contributed by atoms with Crippen molar-refractivity contribution in [1.82, 2.24) is 4.83 Å². The van der Waals surface area contributed by atoms with Crippen LogP contribution in [0, 0.1) is 24.0 Å². The van der Waals surface area contributed by atoms with Crippen molar-refractivity contribution in [3.05, 3.63) is 69.3 Å². The lowest BCUT2D eigenvalue weighted by molar-refractivity contribution is -0.385. The Morgan fingerprint density at radius 3 is 2.57 bits per heavy atom. The predicted octanol–water partition coefficient (Wildman–Crippen LogP) is 2.52. The second-order valence-corrected chi connectivity index (χ2v) is 6.63. The quantitative estimate of drug-likeness (QED) is 0.516. The smallest absolute Gasteiger partial charge is 0.258 e. The summed E-state index contributed by atoms with van der Waals surface area (Å²) in [5.41, 5.74) is 1.89. The number of rotatable bonds is 5. The van der Waals surface area contributed by atoms with E-state index in [1.807, 2.05) is 30.0 Å². The van der Waals surface area contributed by atoms with Gasteiger partial charge in [-0.3, -0.25) is 10.1 Å². The van der Waals surface area contributed by atoms with Gasteiger partial charge in [0.2, 0.25) is 0 Å². The molecule has 1 N–H and O–H groups in total. The first kappa shape index (κ1) is 16.6. The second kappa shape index (κ2) is 6.57. The molecule has 0 atom stereocenters. The van der Waals surface area contributed by atoms with Crippen LogP contribution in [0.2, 0.25) is 0 Å². The molecular formula is C15H15N3O4S. The summed E-state index contributed by atoms with van der Waals surface area (Å²) in [6.07, 6.45) is 1.37. The fourth-order valence-electron chi connectivity index (χ4n) is 1.93. The Balaban J connectivity index is 2.22. The summed E-state index contributed by atoms with van der Waals surface area (Å²) in [5.74, 6) is 0. The average molecular weight is 333 g/mol. The van der Waals surface area contributed by atoms with Gasteiger partial charge in [-0.05, 0) is 25.5 Å². The Morgan fingerprint density at radius 2 is 1.91 bits per heavy atom. The van der Waals surface area contributed by atoms with E-state index in [1.165, 1.54) is 25.3 Å². The fourth-order valence-corrected chi connectivity index (χ4v) is 2.74. The molecule has 0 bridgehead atoms. The highest BCUT2D eigenvalue weighted by atomic mass is 32.2. The molecule has 2 rings (SSSR count). The maximum absolute atomic E-state index is 12.1. The summed E-state index contributed by atoms with van der Waals surface area (Å²) < 4.78 is 24.3. The van der Waals surface area contributed by atoms with Gasteiger partial charge in [-0.15, -0.1) is 0 Å². The number of nitro groups is 1. The normalized spacial score (nSPS) is 11.6. The largest absolute Gasteiger partial charge is 0.276 e. The molecule has 0 radical (unpaired) electrons. The van der Waals surface area contributed by atoms with E-state index in [0.29, 0.717) is 5.56 Å². The number of hydrogen-bond acceptors (Lipinski definition) is 5. The monoisotopic (exact) mass is 333 g/mol. The second-order valence-electron chi connectivity index (χ2n) is 4.97. The lowest BCUT2D eigenvalue weighted by Gasteiger charge is -2.04. The molecule has 0 aliphatic heterocycles. The zero-order valence-electron chi connectivity index (χ0n) is 12.6. The summed E-state index contributed by atoms with van der Waals surface area (Å²) >= 11 is 0. The summed E-state index contributed by atoms with van der Waals surface area (Å²) in [4.78, 5) is 12.1. The van der Waals surface area contributed by atoms with Crippen LogP contribution < -0.4 is 4.83 Å². The Hall–Kier alpha value is -2.74. The number of sulfonamides is 1. The van der Waals surface area contributed by atoms with Gasteiger partial charge in [0.1, 0.15) is 0 Å². The molecule has 8 heteroatoms. The zero-order valence-corrected chi connectivity index (χ0v) is 13.4. The predicted molar refractivity (Wildman–Crippen MR) is 86.9 cm³/mol. The van der Waals surface area contributed by atoms with Gasteiger partial charge in [0, 0.05) is 11.6 Å². The third kappa shape index (κ3) is 4.13. The molecule has 0 amide bonds. The van der Waals surface area contributed by atoms with Crippen molar-refractivity contribution in [3.63, 3.8) is 0 Å². The minimum Gasteiger partial charge on any atom is -0.258 e. The van der Waals surface area contributed by atoms with Crippen LogP contribution in [-0.4, -0.2) is 19.6 Å². The number of benzene rings is 2. The molecule has 0 heterocycles. The number of nitrogens with one attached hydrogen (secondary N) is 1. The van der Waals surface area contributed by atoms with E-state index in [1.54, 1.807) is 6.07 Å². The van der Waals surface area contributed by atoms with Crippen LogP contribution in [0.3, 0.4) is 0 Å². The maximum atomic E-state index is 12.1. The Bertz CT molecular complexity index is 876. The molecule has 120 valence electrons. The minimum absolute atomic E-state index is 0.212. The van der Waals surface area contributed by atoms with Gasteiger partial charge >= 0.3 is 0 Å². The summed E-state index contributed by atoms with van der Waals surface area (Å²) in [7, 11) is -3.97. The van der Waals surface area contributed by atoms with Gasteiger partial charge in [-0.2, -0.15) is 13.5 Å². The van der Waals surface area contributed by atoms with E-state index in [9.17, 15) is 18.5 Å². The van der Waals surface area contributed by atoms with Gasteiger partial charge in [0.15, 0.2) is 0 Å². The Kier molecular flexibility index (Phi) is 4.75. The molecule has 0 saturated carbocycles. The van der Waals surface area contributed by atoms with Crippen LogP contribution in [0.25, 0.3) is 0 Å². The lowest BCUT2D eigenvalue weighted by Crippen LogP contribution is -2.18. The topological polar surface area (TPSA) is 102 Å². The molecular weight excluding hydrogens is 318 g/mol. The highest BCUT2D eigenvalue weighted by molar-refractivity contribution is 7.89. The molecule has 0 saturated heterocycles. The number of aryl methyl sites for hydroxylation is 2. The van der Waals surface area contributed by atoms with Crippen LogP contribution in [0.5, 0.6) is 0 Å². The maximum Gasteiger partial charge on any atom is 0.276 e. The van der Waals surface area contributed by atoms with Gasteiger partial charge in [-0.25, -0.2) is 4.83 Å². The zero-order chi connectivity index (χ0) is 17.0. The first-order chi connectivity index (χ1) is 10.8. The standard InChI is InChI=1S/C15H15N3O4S/c1-11-4-3-5-13(8-11)10-16-17-23(21,22)14-7-6-12(2)15(9-14)18(19)20/h3-10,17H,1-2H3/b16-10-. The first-order valence-corrected chi connectivity index (χ1v) is 8.14. The van der Waals surface area contributed by atoms with Crippen LogP contribution >= 0.6 is 0 Å². The van der Waals surface area contributed by atoms with E-state index >= 15 is 0 Å². The van der Waals surface area contributed by atoms with Crippen LogP contribution in [0.1, 0.15) is 16.7 Å². The van der Waals surface area contributed by atoms with E-state index in [0.717, 1.165) is 17.2 Å². The van der Waals surface area contributed by atoms with Gasteiger partial charge in [0.25, 0.3) is 15.7 Å². The van der Waals surface area contributed by atoms with Crippen molar-refractivity contribution >= 4 is 21.9 Å². The third-order valence-corrected chi connectivity index (χ3v) is 4.34. The fraction of sp³-hybridized carbons (Fsp3) is 0.133. The van der Waals surface area contributed by atoms with Gasteiger partial charge in [-0.1, -0.05) is 35.9 Å². The number of hydrogen-bond donors (Lipinski definition) is 1. The lowest BCUT2D eigenvalue weighted by atomic mass is 10.2. The van der Waals surface area contributed by atoms with Crippen molar-refractivity contribution in [3.8, 4) is 0 Å². The first-order valence-electron chi connectivity index (χ1n) is 6.66. The average Bonchev–Trinajstić information content (AvgIpc) is 2.47. The van der Waals surface area contributed by atoms with E-state index in [-0.39, 0.29) is 10.6 Å². The summed E-state index contributed by atoms with van der Waals surface area (Å²) in [6.45, 7) is 3.45. The molecule has 23 heavy (non-hydrogen) atoms. The number of nitro benzene ring substituents is 1. The summed E-state index contributed by atoms with van der Waals surface area (Å²) in [6, 6.07) is 11.1. The SMILES string of the molecule is Cc1cccc(/C=N\NS(=O)(=O)c2ccc(C)c([N+](=O)[O-])c2)c1. The molecule has 0 unspecified atom stereocenters. The Morgan fingerprint density at radius 1 is 1.17 bits per heavy atom. The van der Waals surface area contributed by atoms with Crippen LogP contribution in [-0.2, 0) is 10.0 Å². The van der Waals surface area contributed by atoms with Crippen LogP contribution in [0.15, 0.2) is 52.5 Å². The number of hydrazone groups is 1. The highest BCUT2D eigenvalue weighted by Gasteiger charge is 2.19. The van der Waals surface area contributed by atoms with Crippen molar-refractivity contribution < 1.29 is 13.3 Å². The molecule has 7 nitrogen and oxygen atoms in total. The van der Waals surface area contributed by atoms with E-state index in [2.05, 4.69) is 5.10 Å². The molecule has 0 aliphatic rings. The van der Waals surface area contributed by atoms with E-state index in [4.69, 9.17) is 0 Å². The molecule has 2 aromatic carbocycles. The van der Waals surface area contributed by atoms with Gasteiger partial charge < -0.3 is 0 Å². The molecule has 0 aromatic heterocycles. The van der Waals surface area contributed by atoms with Crippen molar-refractivity contribution in [2.45, 2.75) is 18.7 Å². The summed E-state index contributed by atoms with van der Waals surface area (Å²) in [5, 5.41) is 14.6.